The van der Waals surface area contributed by atoms with E-state index in [0.717, 1.165) is 11.1 Å². The number of amides is 1. The minimum Gasteiger partial charge on any atom is -0.396 e. The Morgan fingerprint density at radius 1 is 1.23 bits per heavy atom. The van der Waals surface area contributed by atoms with Gasteiger partial charge in [-0.1, -0.05) is 64.6 Å². The number of aromatic nitrogens is 1. The fraction of sp³-hybridized carbons (Fsp3) is 0.0714. The molecular formula is C14H11Cl3N4O. The standard InChI is InChI=1S/C14H11Cl3N4O/c1-7-2-4-8(5-3-7)6-19-21-14(22)12-9(15)11(18)10(16)13(17)20-12/h2-6H,1H3,(H2,18,20)(H,21,22)/b19-6-. The van der Waals surface area contributed by atoms with Gasteiger partial charge in [0.05, 0.1) is 16.9 Å². The molecule has 1 amide bonds. The minimum absolute atomic E-state index is 0.00371. The summed E-state index contributed by atoms with van der Waals surface area (Å²) >= 11 is 17.5. The molecule has 5 nitrogen and oxygen atoms in total. The molecule has 0 aliphatic heterocycles. The van der Waals surface area contributed by atoms with E-state index in [1.165, 1.54) is 6.21 Å². The van der Waals surface area contributed by atoms with E-state index in [-0.39, 0.29) is 26.6 Å². The number of nitrogens with two attached hydrogens (primary N) is 1. The van der Waals surface area contributed by atoms with Crippen LogP contribution < -0.4 is 11.2 Å². The lowest BCUT2D eigenvalue weighted by Crippen LogP contribution is -2.20. The summed E-state index contributed by atoms with van der Waals surface area (Å²) in [4.78, 5) is 15.8. The number of nitrogens with zero attached hydrogens (tertiary/aromatic N) is 2. The van der Waals surface area contributed by atoms with Crippen molar-refractivity contribution in [3.8, 4) is 0 Å². The molecule has 3 N–H and O–H groups in total. The van der Waals surface area contributed by atoms with Gasteiger partial charge in [-0.2, -0.15) is 5.10 Å². The molecule has 1 aromatic carbocycles. The fourth-order valence-electron chi connectivity index (χ4n) is 1.55. The van der Waals surface area contributed by atoms with Crippen LogP contribution in [0.25, 0.3) is 0 Å². The third-order valence-corrected chi connectivity index (χ3v) is 3.88. The van der Waals surface area contributed by atoms with Crippen molar-refractivity contribution in [2.45, 2.75) is 6.92 Å². The van der Waals surface area contributed by atoms with Crippen LogP contribution in [0.3, 0.4) is 0 Å². The van der Waals surface area contributed by atoms with Gasteiger partial charge in [-0.05, 0) is 12.5 Å². The predicted octanol–water partition coefficient (Wildman–Crippen LogP) is 3.70. The van der Waals surface area contributed by atoms with Crippen LogP contribution in [0.4, 0.5) is 5.69 Å². The SMILES string of the molecule is Cc1ccc(/C=N\NC(=O)c2nc(Cl)c(Cl)c(N)c2Cl)cc1. The number of hydrogen-bond acceptors (Lipinski definition) is 4. The van der Waals surface area contributed by atoms with Crippen LogP contribution in [0.1, 0.15) is 21.6 Å². The van der Waals surface area contributed by atoms with Crippen molar-refractivity contribution in [2.24, 2.45) is 5.10 Å². The van der Waals surface area contributed by atoms with Gasteiger partial charge in [-0.25, -0.2) is 10.4 Å². The molecule has 22 heavy (non-hydrogen) atoms. The predicted molar refractivity (Wildman–Crippen MR) is 89.9 cm³/mol. The maximum Gasteiger partial charge on any atom is 0.291 e. The Morgan fingerprint density at radius 2 is 1.86 bits per heavy atom. The van der Waals surface area contributed by atoms with Gasteiger partial charge in [0.25, 0.3) is 5.91 Å². The number of nitrogen functional groups attached to an aromatic ring is 1. The van der Waals surface area contributed by atoms with E-state index < -0.39 is 5.91 Å². The number of carbonyl (C=O) groups excluding carboxylic acids is 1. The molecule has 0 radical (unpaired) electrons. The highest BCUT2D eigenvalue weighted by molar-refractivity contribution is 6.46. The van der Waals surface area contributed by atoms with Crippen LogP contribution in [0, 0.1) is 6.92 Å². The summed E-state index contributed by atoms with van der Waals surface area (Å²) in [6, 6.07) is 7.60. The van der Waals surface area contributed by atoms with Crippen molar-refractivity contribution >= 4 is 52.6 Å². The van der Waals surface area contributed by atoms with Crippen molar-refractivity contribution in [3.05, 3.63) is 56.3 Å². The molecule has 0 saturated heterocycles. The molecule has 0 unspecified atom stereocenters. The van der Waals surface area contributed by atoms with Crippen LogP contribution in [0.5, 0.6) is 0 Å². The van der Waals surface area contributed by atoms with E-state index in [0.29, 0.717) is 0 Å². The molecule has 1 heterocycles. The van der Waals surface area contributed by atoms with Gasteiger partial charge in [-0.3, -0.25) is 4.79 Å². The molecule has 0 bridgehead atoms. The first-order valence-electron chi connectivity index (χ1n) is 6.10. The van der Waals surface area contributed by atoms with Crippen LogP contribution in [-0.2, 0) is 0 Å². The Kier molecular flexibility index (Phi) is 5.24. The molecule has 0 aliphatic carbocycles. The zero-order valence-corrected chi connectivity index (χ0v) is 13.7. The van der Waals surface area contributed by atoms with Crippen LogP contribution in [0.15, 0.2) is 29.4 Å². The average molecular weight is 358 g/mol. The molecule has 0 fully saturated rings. The molecule has 0 aliphatic rings. The van der Waals surface area contributed by atoms with E-state index >= 15 is 0 Å². The maximum absolute atomic E-state index is 12.0. The molecule has 0 spiro atoms. The van der Waals surface area contributed by atoms with Gasteiger partial charge in [-0.15, -0.1) is 0 Å². The summed E-state index contributed by atoms with van der Waals surface area (Å²) in [5, 5.41) is 3.66. The summed E-state index contributed by atoms with van der Waals surface area (Å²) in [6.45, 7) is 1.98. The second kappa shape index (κ2) is 6.96. The lowest BCUT2D eigenvalue weighted by Gasteiger charge is -2.07. The van der Waals surface area contributed by atoms with Gasteiger partial charge in [0.1, 0.15) is 5.02 Å². The number of rotatable bonds is 3. The van der Waals surface area contributed by atoms with Crippen molar-refractivity contribution < 1.29 is 4.79 Å². The highest BCUT2D eigenvalue weighted by Crippen LogP contribution is 2.34. The smallest absolute Gasteiger partial charge is 0.291 e. The number of pyridine rings is 1. The van der Waals surface area contributed by atoms with Gasteiger partial charge in [0.15, 0.2) is 10.8 Å². The normalized spacial score (nSPS) is 10.9. The number of hydrazone groups is 1. The Hall–Kier alpha value is -1.82. The first-order valence-corrected chi connectivity index (χ1v) is 7.23. The third-order valence-electron chi connectivity index (χ3n) is 2.74. The molecule has 114 valence electrons. The number of nitrogens with one attached hydrogen (secondary N) is 1. The Bertz CT molecular complexity index is 745. The minimum atomic E-state index is -0.640. The number of anilines is 1. The first-order chi connectivity index (χ1) is 10.4. The lowest BCUT2D eigenvalue weighted by atomic mass is 10.2. The molecule has 0 saturated carbocycles. The van der Waals surface area contributed by atoms with E-state index in [1.54, 1.807) is 0 Å². The summed E-state index contributed by atoms with van der Waals surface area (Å²) in [6.07, 6.45) is 1.49. The van der Waals surface area contributed by atoms with Crippen molar-refractivity contribution in [3.63, 3.8) is 0 Å². The zero-order chi connectivity index (χ0) is 16.3. The molecule has 8 heteroatoms. The van der Waals surface area contributed by atoms with Crippen molar-refractivity contribution in [2.75, 3.05) is 5.73 Å². The largest absolute Gasteiger partial charge is 0.396 e. The fourth-order valence-corrected chi connectivity index (χ4v) is 2.15. The number of halogens is 3. The lowest BCUT2D eigenvalue weighted by molar-refractivity contribution is 0.0950. The molecule has 2 rings (SSSR count). The van der Waals surface area contributed by atoms with Crippen molar-refractivity contribution in [1.29, 1.82) is 0 Å². The van der Waals surface area contributed by atoms with Gasteiger partial charge in [0.2, 0.25) is 0 Å². The van der Waals surface area contributed by atoms with Gasteiger partial charge in [0, 0.05) is 0 Å². The number of carbonyl (C=O) groups is 1. The molecular weight excluding hydrogens is 347 g/mol. The maximum atomic E-state index is 12.0. The Morgan fingerprint density at radius 3 is 2.50 bits per heavy atom. The van der Waals surface area contributed by atoms with Crippen LogP contribution in [-0.4, -0.2) is 17.1 Å². The topological polar surface area (TPSA) is 80.4 Å². The van der Waals surface area contributed by atoms with Crippen molar-refractivity contribution in [1.82, 2.24) is 10.4 Å². The second-order valence-electron chi connectivity index (χ2n) is 4.40. The van der Waals surface area contributed by atoms with E-state index in [4.69, 9.17) is 40.5 Å². The molecule has 2 aromatic rings. The number of benzene rings is 1. The van der Waals surface area contributed by atoms with Crippen LogP contribution in [0.2, 0.25) is 15.2 Å². The molecule has 1 aromatic heterocycles. The van der Waals surface area contributed by atoms with Gasteiger partial charge >= 0.3 is 0 Å². The monoisotopic (exact) mass is 356 g/mol. The summed E-state index contributed by atoms with van der Waals surface area (Å²) < 4.78 is 0. The highest BCUT2D eigenvalue weighted by atomic mass is 35.5. The summed E-state index contributed by atoms with van der Waals surface area (Å²) in [7, 11) is 0. The average Bonchev–Trinajstić information content (AvgIpc) is 2.50. The summed E-state index contributed by atoms with van der Waals surface area (Å²) in [5.74, 6) is -0.640. The quantitative estimate of drug-likeness (QED) is 0.499. The third kappa shape index (κ3) is 3.68. The van der Waals surface area contributed by atoms with E-state index in [9.17, 15) is 4.79 Å². The molecule has 0 atom stereocenters. The van der Waals surface area contributed by atoms with E-state index in [1.807, 2.05) is 31.2 Å². The number of aryl methyl sites for hydroxylation is 1. The summed E-state index contributed by atoms with van der Waals surface area (Å²) in [5.41, 5.74) is 9.76. The number of hydrogen-bond donors (Lipinski definition) is 2. The highest BCUT2D eigenvalue weighted by Gasteiger charge is 2.19. The van der Waals surface area contributed by atoms with Gasteiger partial charge < -0.3 is 5.73 Å². The second-order valence-corrected chi connectivity index (χ2v) is 5.52. The zero-order valence-electron chi connectivity index (χ0n) is 11.4. The van der Waals surface area contributed by atoms with Crippen LogP contribution >= 0.6 is 34.8 Å². The first kappa shape index (κ1) is 16.5. The Balaban J connectivity index is 2.15. The Labute approximate surface area is 142 Å². The van der Waals surface area contributed by atoms with E-state index in [2.05, 4.69) is 15.5 Å².